The van der Waals surface area contributed by atoms with Gasteiger partial charge in [-0.25, -0.2) is 9.67 Å². The molecule has 1 atom stereocenters. The van der Waals surface area contributed by atoms with E-state index < -0.39 is 0 Å². The first-order valence-electron chi connectivity index (χ1n) is 19.5. The molecule has 0 saturated carbocycles. The Bertz CT molecular complexity index is 2340. The van der Waals surface area contributed by atoms with Crippen LogP contribution in [0.25, 0.3) is 44.4 Å². The lowest BCUT2D eigenvalue weighted by atomic mass is 9.86. The first kappa shape index (κ1) is 36.2. The van der Waals surface area contributed by atoms with Gasteiger partial charge in [-0.3, -0.25) is 4.57 Å². The van der Waals surface area contributed by atoms with Gasteiger partial charge in [0.2, 0.25) is 0 Å². The molecule has 3 aromatic heterocycles. The Morgan fingerprint density at radius 3 is 2.36 bits per heavy atom. The van der Waals surface area contributed by atoms with Crippen molar-refractivity contribution in [1.29, 1.82) is 0 Å². The van der Waals surface area contributed by atoms with Gasteiger partial charge in [-0.15, -0.1) is 0 Å². The summed E-state index contributed by atoms with van der Waals surface area (Å²) in [7, 11) is 0. The number of pyridine rings is 1. The van der Waals surface area contributed by atoms with Crippen LogP contribution in [-0.2, 0) is 6.42 Å². The van der Waals surface area contributed by atoms with Crippen LogP contribution < -0.4 is 4.74 Å². The average molecular weight is 703 g/mol. The van der Waals surface area contributed by atoms with Crippen molar-refractivity contribution in [3.05, 3.63) is 132 Å². The molecule has 7 rings (SSSR count). The monoisotopic (exact) mass is 702 g/mol. The molecule has 0 aliphatic rings. The molecule has 5 nitrogen and oxygen atoms in total. The second-order valence-corrected chi connectivity index (χ2v) is 16.0. The van der Waals surface area contributed by atoms with Gasteiger partial charge < -0.3 is 4.74 Å². The number of benzene rings is 4. The van der Waals surface area contributed by atoms with E-state index in [0.29, 0.717) is 11.3 Å². The van der Waals surface area contributed by atoms with Gasteiger partial charge in [0.1, 0.15) is 17.3 Å². The Morgan fingerprint density at radius 2 is 1.57 bits per heavy atom. The number of rotatable bonds is 13. The van der Waals surface area contributed by atoms with Crippen molar-refractivity contribution in [2.24, 2.45) is 5.41 Å². The SMILES string of the molecule is CCCCCc1ccnc(-n2c3ccc(C(C)CCCC(C)(C)C)cc3c3ccc(Oc4cccc(-n5nc(C)c(-c6ccccc6)c5C)c4)cc32)c1. The lowest BCUT2D eigenvalue weighted by Gasteiger charge is -2.19. The van der Waals surface area contributed by atoms with E-state index in [1.165, 1.54) is 77.1 Å². The number of ether oxygens (including phenoxy) is 1. The molecule has 0 aliphatic heterocycles. The summed E-state index contributed by atoms with van der Waals surface area (Å²) in [5.74, 6) is 2.98. The maximum Gasteiger partial charge on any atom is 0.137 e. The second kappa shape index (κ2) is 15.4. The number of unbranched alkanes of at least 4 members (excludes halogenated alkanes) is 2. The van der Waals surface area contributed by atoms with Crippen LogP contribution in [-0.4, -0.2) is 19.3 Å². The molecule has 0 aliphatic carbocycles. The number of nitrogens with zero attached hydrogens (tertiary/aromatic N) is 4. The Balaban J connectivity index is 1.26. The van der Waals surface area contributed by atoms with Gasteiger partial charge in [-0.05, 0) is 116 Å². The molecule has 4 aromatic carbocycles. The molecule has 7 aromatic rings. The summed E-state index contributed by atoms with van der Waals surface area (Å²) in [6.07, 6.45) is 10.3. The highest BCUT2D eigenvalue weighted by atomic mass is 16.5. The van der Waals surface area contributed by atoms with Crippen LogP contribution in [0.2, 0.25) is 0 Å². The fourth-order valence-electron chi connectivity index (χ4n) is 7.79. The van der Waals surface area contributed by atoms with Gasteiger partial charge in [0, 0.05) is 40.4 Å². The van der Waals surface area contributed by atoms with E-state index in [1.54, 1.807) is 0 Å². The van der Waals surface area contributed by atoms with E-state index in [0.717, 1.165) is 46.3 Å². The molecule has 1 unspecified atom stereocenters. The summed E-state index contributed by atoms with van der Waals surface area (Å²) in [4.78, 5) is 4.94. The van der Waals surface area contributed by atoms with Gasteiger partial charge in [0.25, 0.3) is 0 Å². The number of aromatic nitrogens is 4. The van der Waals surface area contributed by atoms with Crippen molar-refractivity contribution >= 4 is 21.8 Å². The minimum atomic E-state index is 0.360. The van der Waals surface area contributed by atoms with Crippen LogP contribution in [0.15, 0.2) is 109 Å². The second-order valence-electron chi connectivity index (χ2n) is 16.0. The highest BCUT2D eigenvalue weighted by Crippen LogP contribution is 2.38. The van der Waals surface area contributed by atoms with Gasteiger partial charge in [0.05, 0.1) is 22.4 Å². The third kappa shape index (κ3) is 7.95. The van der Waals surface area contributed by atoms with E-state index in [2.05, 4.69) is 138 Å². The predicted molar refractivity (Wildman–Crippen MR) is 222 cm³/mol. The molecule has 272 valence electrons. The molecule has 0 amide bonds. The Labute approximate surface area is 315 Å². The number of aryl methyl sites for hydroxylation is 2. The highest BCUT2D eigenvalue weighted by molar-refractivity contribution is 6.09. The smallest absolute Gasteiger partial charge is 0.137 e. The van der Waals surface area contributed by atoms with Crippen molar-refractivity contribution in [2.75, 3.05) is 0 Å². The van der Waals surface area contributed by atoms with Crippen LogP contribution in [0.1, 0.15) is 102 Å². The third-order valence-corrected chi connectivity index (χ3v) is 10.7. The van der Waals surface area contributed by atoms with Gasteiger partial charge in [0.15, 0.2) is 0 Å². The van der Waals surface area contributed by atoms with Crippen molar-refractivity contribution in [3.8, 4) is 34.1 Å². The van der Waals surface area contributed by atoms with E-state index in [-0.39, 0.29) is 0 Å². The molecular formula is C48H54N4O. The highest BCUT2D eigenvalue weighted by Gasteiger charge is 2.19. The van der Waals surface area contributed by atoms with Gasteiger partial charge >= 0.3 is 0 Å². The summed E-state index contributed by atoms with van der Waals surface area (Å²) in [6, 6.07) is 36.7. The maximum atomic E-state index is 6.65. The van der Waals surface area contributed by atoms with Crippen molar-refractivity contribution in [2.45, 2.75) is 99.3 Å². The van der Waals surface area contributed by atoms with Crippen LogP contribution in [0, 0.1) is 19.3 Å². The predicted octanol–water partition coefficient (Wildman–Crippen LogP) is 13.5. The first-order valence-corrected chi connectivity index (χ1v) is 19.5. The molecular weight excluding hydrogens is 649 g/mol. The molecule has 0 radical (unpaired) electrons. The van der Waals surface area contributed by atoms with Crippen LogP contribution in [0.5, 0.6) is 11.5 Å². The topological polar surface area (TPSA) is 44.9 Å². The number of hydrogen-bond donors (Lipinski definition) is 0. The van der Waals surface area contributed by atoms with E-state index in [1.807, 2.05) is 29.1 Å². The summed E-state index contributed by atoms with van der Waals surface area (Å²) in [6.45, 7) is 15.8. The zero-order valence-corrected chi connectivity index (χ0v) is 32.6. The Morgan fingerprint density at radius 1 is 0.755 bits per heavy atom. The maximum absolute atomic E-state index is 6.65. The molecule has 0 bridgehead atoms. The molecule has 0 fully saturated rings. The van der Waals surface area contributed by atoms with E-state index >= 15 is 0 Å². The Kier molecular flexibility index (Phi) is 10.5. The number of fused-ring (bicyclic) bond motifs is 3. The van der Waals surface area contributed by atoms with Crippen molar-refractivity contribution in [3.63, 3.8) is 0 Å². The normalized spacial score (nSPS) is 12.5. The van der Waals surface area contributed by atoms with Crippen LogP contribution in [0.3, 0.4) is 0 Å². The first-order chi connectivity index (χ1) is 25.6. The molecule has 0 N–H and O–H groups in total. The molecule has 0 spiro atoms. The van der Waals surface area contributed by atoms with Gasteiger partial charge in [-0.1, -0.05) is 96.3 Å². The van der Waals surface area contributed by atoms with E-state index in [4.69, 9.17) is 14.8 Å². The summed E-state index contributed by atoms with van der Waals surface area (Å²) in [5, 5.41) is 7.41. The van der Waals surface area contributed by atoms with Crippen molar-refractivity contribution in [1.82, 2.24) is 19.3 Å². The lowest BCUT2D eigenvalue weighted by Crippen LogP contribution is -2.05. The third-order valence-electron chi connectivity index (χ3n) is 10.7. The molecule has 3 heterocycles. The van der Waals surface area contributed by atoms with E-state index in [9.17, 15) is 0 Å². The lowest BCUT2D eigenvalue weighted by molar-refractivity contribution is 0.354. The quantitative estimate of drug-likeness (QED) is 0.112. The van der Waals surface area contributed by atoms with Crippen molar-refractivity contribution < 1.29 is 4.74 Å². The number of hydrogen-bond acceptors (Lipinski definition) is 3. The molecule has 0 saturated heterocycles. The zero-order chi connectivity index (χ0) is 37.1. The Hall–Kier alpha value is -5.16. The summed E-state index contributed by atoms with van der Waals surface area (Å²) < 4.78 is 11.0. The van der Waals surface area contributed by atoms with Crippen LogP contribution in [0.4, 0.5) is 0 Å². The minimum absolute atomic E-state index is 0.360. The van der Waals surface area contributed by atoms with Gasteiger partial charge in [-0.2, -0.15) is 5.10 Å². The fourth-order valence-corrected chi connectivity index (χ4v) is 7.79. The standard InChI is InChI=1S/C48H54N4O/c1-8-9-11-17-36-26-28-49-46(29-36)51-44-25-22-38(33(2)16-15-27-48(5,6)7)30-43(44)42-24-23-41(32-45(42)51)53-40-21-14-20-39(31-40)52-35(4)47(34(3)50-52)37-18-12-10-13-19-37/h10,12-14,18-26,28-33H,8-9,11,15-17,27H2,1-7H3. The molecule has 53 heavy (non-hydrogen) atoms. The zero-order valence-electron chi connectivity index (χ0n) is 32.6. The molecule has 5 heteroatoms. The largest absolute Gasteiger partial charge is 0.457 e. The summed E-state index contributed by atoms with van der Waals surface area (Å²) >= 11 is 0. The average Bonchev–Trinajstić information content (AvgIpc) is 3.63. The minimum Gasteiger partial charge on any atom is -0.457 e. The summed E-state index contributed by atoms with van der Waals surface area (Å²) in [5.41, 5.74) is 10.8. The van der Waals surface area contributed by atoms with Crippen LogP contribution >= 0.6 is 0 Å². The fraction of sp³-hybridized carbons (Fsp3) is 0.333.